The molecule has 1 fully saturated rings. The maximum Gasteiger partial charge on any atom is 0.227 e. The third kappa shape index (κ3) is 3.71. The smallest absolute Gasteiger partial charge is 0.227 e. The number of carbonyl (C=O) groups excluding carboxylic acids is 1. The fourth-order valence-corrected chi connectivity index (χ4v) is 2.72. The standard InChI is InChI=1S/C15H29NO2/c1-11(10-17)14(18)16-8-6-13(7-9-16)12(2)15(3,4)5/h11-13,17H,6-10H2,1-5H3/t11-,12+/m0/s1. The van der Waals surface area contributed by atoms with Crippen molar-refractivity contribution in [1.29, 1.82) is 0 Å². The SMILES string of the molecule is C[C@H](C1CCN(C(=O)[C@@H](C)CO)CC1)C(C)(C)C. The van der Waals surface area contributed by atoms with Crippen LogP contribution < -0.4 is 0 Å². The zero-order valence-corrected chi connectivity index (χ0v) is 12.6. The van der Waals surface area contributed by atoms with Gasteiger partial charge >= 0.3 is 0 Å². The normalized spacial score (nSPS) is 21.8. The van der Waals surface area contributed by atoms with Gasteiger partial charge in [0.05, 0.1) is 12.5 Å². The zero-order valence-electron chi connectivity index (χ0n) is 12.6. The van der Waals surface area contributed by atoms with Crippen LogP contribution in [0.4, 0.5) is 0 Å². The highest BCUT2D eigenvalue weighted by atomic mass is 16.3. The molecule has 0 unspecified atom stereocenters. The van der Waals surface area contributed by atoms with Gasteiger partial charge in [0, 0.05) is 13.1 Å². The van der Waals surface area contributed by atoms with Crippen molar-refractivity contribution in [2.45, 2.75) is 47.5 Å². The van der Waals surface area contributed by atoms with E-state index in [0.717, 1.165) is 31.8 Å². The predicted molar refractivity (Wildman–Crippen MR) is 74.2 cm³/mol. The minimum Gasteiger partial charge on any atom is -0.396 e. The van der Waals surface area contributed by atoms with Gasteiger partial charge in [0.25, 0.3) is 0 Å². The Kier molecular flexibility index (Phi) is 5.20. The van der Waals surface area contributed by atoms with Gasteiger partial charge in [-0.3, -0.25) is 4.79 Å². The number of amides is 1. The molecule has 0 aromatic carbocycles. The lowest BCUT2D eigenvalue weighted by Gasteiger charge is -2.40. The second kappa shape index (κ2) is 6.05. The summed E-state index contributed by atoms with van der Waals surface area (Å²) in [5.74, 6) is 1.27. The number of aliphatic hydroxyl groups is 1. The molecule has 1 amide bonds. The Morgan fingerprint density at radius 2 is 1.78 bits per heavy atom. The molecule has 0 bridgehead atoms. The third-order valence-corrected chi connectivity index (χ3v) is 4.62. The molecule has 3 heteroatoms. The van der Waals surface area contributed by atoms with Gasteiger partial charge in [-0.1, -0.05) is 34.6 Å². The fraction of sp³-hybridized carbons (Fsp3) is 0.933. The van der Waals surface area contributed by atoms with Gasteiger partial charge in [-0.15, -0.1) is 0 Å². The number of likely N-dealkylation sites (tertiary alicyclic amines) is 1. The summed E-state index contributed by atoms with van der Waals surface area (Å²) in [4.78, 5) is 13.9. The molecule has 18 heavy (non-hydrogen) atoms. The molecule has 1 saturated heterocycles. The van der Waals surface area contributed by atoms with E-state index in [1.807, 2.05) is 4.90 Å². The highest BCUT2D eigenvalue weighted by molar-refractivity contribution is 5.78. The average molecular weight is 255 g/mol. The molecule has 0 radical (unpaired) electrons. The van der Waals surface area contributed by atoms with Crippen molar-refractivity contribution in [2.24, 2.45) is 23.2 Å². The molecule has 1 aliphatic heterocycles. The molecule has 0 aliphatic carbocycles. The molecule has 0 spiro atoms. The second-order valence-electron chi connectivity index (χ2n) is 6.90. The van der Waals surface area contributed by atoms with Crippen LogP contribution in [0.2, 0.25) is 0 Å². The summed E-state index contributed by atoms with van der Waals surface area (Å²) in [5, 5.41) is 9.04. The summed E-state index contributed by atoms with van der Waals surface area (Å²) in [5.41, 5.74) is 0.342. The molecule has 0 aromatic rings. The maximum absolute atomic E-state index is 12.0. The Hall–Kier alpha value is -0.570. The van der Waals surface area contributed by atoms with Crippen LogP contribution in [0.5, 0.6) is 0 Å². The van der Waals surface area contributed by atoms with E-state index in [4.69, 9.17) is 5.11 Å². The topological polar surface area (TPSA) is 40.5 Å². The summed E-state index contributed by atoms with van der Waals surface area (Å²) in [6.45, 7) is 12.7. The highest BCUT2D eigenvalue weighted by Gasteiger charge is 2.32. The van der Waals surface area contributed by atoms with Crippen molar-refractivity contribution < 1.29 is 9.90 Å². The van der Waals surface area contributed by atoms with E-state index >= 15 is 0 Å². The summed E-state index contributed by atoms with van der Waals surface area (Å²) in [6.07, 6.45) is 2.20. The van der Waals surface area contributed by atoms with Crippen molar-refractivity contribution in [2.75, 3.05) is 19.7 Å². The number of rotatable bonds is 3. The first-order valence-corrected chi connectivity index (χ1v) is 7.17. The van der Waals surface area contributed by atoms with Crippen molar-refractivity contribution >= 4 is 5.91 Å². The van der Waals surface area contributed by atoms with Gasteiger partial charge < -0.3 is 10.0 Å². The van der Waals surface area contributed by atoms with E-state index in [9.17, 15) is 4.79 Å². The first kappa shape index (κ1) is 15.5. The largest absolute Gasteiger partial charge is 0.396 e. The van der Waals surface area contributed by atoms with Crippen LogP contribution in [-0.4, -0.2) is 35.6 Å². The Bertz CT molecular complexity index is 275. The molecule has 1 heterocycles. The Balaban J connectivity index is 2.49. The van der Waals surface area contributed by atoms with E-state index in [0.29, 0.717) is 11.3 Å². The molecule has 0 saturated carbocycles. The van der Waals surface area contributed by atoms with Crippen LogP contribution in [-0.2, 0) is 4.79 Å². The first-order valence-electron chi connectivity index (χ1n) is 7.17. The van der Waals surface area contributed by atoms with Crippen LogP contribution in [0, 0.1) is 23.2 Å². The number of nitrogens with zero attached hydrogens (tertiary/aromatic N) is 1. The molecule has 1 N–H and O–H groups in total. The summed E-state index contributed by atoms with van der Waals surface area (Å²) in [7, 11) is 0. The first-order chi connectivity index (χ1) is 8.27. The predicted octanol–water partition coefficient (Wildman–Crippen LogP) is 2.54. The van der Waals surface area contributed by atoms with Crippen molar-refractivity contribution in [3.8, 4) is 0 Å². The number of hydrogen-bond donors (Lipinski definition) is 1. The molecule has 2 atom stereocenters. The van der Waals surface area contributed by atoms with Crippen molar-refractivity contribution in [3.05, 3.63) is 0 Å². The summed E-state index contributed by atoms with van der Waals surface area (Å²) in [6, 6.07) is 0. The molecule has 1 rings (SSSR count). The minimum atomic E-state index is -0.249. The van der Waals surface area contributed by atoms with Crippen LogP contribution in [0.3, 0.4) is 0 Å². The number of aliphatic hydroxyl groups excluding tert-OH is 1. The summed E-state index contributed by atoms with van der Waals surface area (Å²) < 4.78 is 0. The Morgan fingerprint density at radius 3 is 2.17 bits per heavy atom. The number of hydrogen-bond acceptors (Lipinski definition) is 2. The van der Waals surface area contributed by atoms with E-state index in [-0.39, 0.29) is 18.4 Å². The van der Waals surface area contributed by atoms with Crippen molar-refractivity contribution in [3.63, 3.8) is 0 Å². The Morgan fingerprint density at radius 1 is 1.28 bits per heavy atom. The van der Waals surface area contributed by atoms with Gasteiger partial charge in [0.15, 0.2) is 0 Å². The second-order valence-corrected chi connectivity index (χ2v) is 6.90. The molecule has 3 nitrogen and oxygen atoms in total. The van der Waals surface area contributed by atoms with E-state index in [1.54, 1.807) is 6.92 Å². The van der Waals surface area contributed by atoms with E-state index in [1.165, 1.54) is 0 Å². The molecule has 1 aliphatic rings. The van der Waals surface area contributed by atoms with Gasteiger partial charge in [-0.05, 0) is 30.1 Å². The number of piperidine rings is 1. The fourth-order valence-electron chi connectivity index (χ4n) is 2.72. The molecule has 106 valence electrons. The van der Waals surface area contributed by atoms with Crippen LogP contribution >= 0.6 is 0 Å². The summed E-state index contributed by atoms with van der Waals surface area (Å²) >= 11 is 0. The van der Waals surface area contributed by atoms with Crippen LogP contribution in [0.1, 0.15) is 47.5 Å². The van der Waals surface area contributed by atoms with Gasteiger partial charge in [-0.2, -0.15) is 0 Å². The molecular weight excluding hydrogens is 226 g/mol. The lowest BCUT2D eigenvalue weighted by atomic mass is 9.71. The Labute approximate surface area is 112 Å². The molecule has 0 aromatic heterocycles. The lowest BCUT2D eigenvalue weighted by molar-refractivity contribution is -0.138. The van der Waals surface area contributed by atoms with Gasteiger partial charge in [-0.25, -0.2) is 0 Å². The third-order valence-electron chi connectivity index (χ3n) is 4.62. The number of carbonyl (C=O) groups is 1. The van der Waals surface area contributed by atoms with Crippen LogP contribution in [0.15, 0.2) is 0 Å². The van der Waals surface area contributed by atoms with E-state index in [2.05, 4.69) is 27.7 Å². The molecular formula is C15H29NO2. The maximum atomic E-state index is 12.0. The average Bonchev–Trinajstić information content (AvgIpc) is 2.35. The highest BCUT2D eigenvalue weighted by Crippen LogP contribution is 2.37. The van der Waals surface area contributed by atoms with Crippen molar-refractivity contribution in [1.82, 2.24) is 4.90 Å². The van der Waals surface area contributed by atoms with Gasteiger partial charge in [0.2, 0.25) is 5.91 Å². The van der Waals surface area contributed by atoms with E-state index < -0.39 is 0 Å². The monoisotopic (exact) mass is 255 g/mol. The van der Waals surface area contributed by atoms with Gasteiger partial charge in [0.1, 0.15) is 0 Å². The zero-order chi connectivity index (χ0) is 13.9. The quantitative estimate of drug-likeness (QED) is 0.842. The minimum absolute atomic E-state index is 0.0445. The lowest BCUT2D eigenvalue weighted by Crippen LogP contribution is -2.44. The van der Waals surface area contributed by atoms with Crippen LogP contribution in [0.25, 0.3) is 0 Å².